The third-order valence-corrected chi connectivity index (χ3v) is 5.24. The third-order valence-electron chi connectivity index (χ3n) is 4.33. The summed E-state index contributed by atoms with van der Waals surface area (Å²) >= 11 is 1.60. The fourth-order valence-electron chi connectivity index (χ4n) is 2.90. The number of azo groups is 1. The average molecular weight is 366 g/mol. The Morgan fingerprint density at radius 2 is 1.69 bits per heavy atom. The molecule has 0 spiro atoms. The molecule has 1 aromatic heterocycles. The van der Waals surface area contributed by atoms with Crippen LogP contribution >= 0.6 is 11.3 Å². The van der Waals surface area contributed by atoms with E-state index in [2.05, 4.69) is 63.2 Å². The Kier molecular flexibility index (Phi) is 6.12. The Labute approximate surface area is 159 Å². The van der Waals surface area contributed by atoms with Gasteiger partial charge in [-0.2, -0.15) is 0 Å². The van der Waals surface area contributed by atoms with Crippen LogP contribution in [-0.2, 0) is 7.05 Å². The lowest BCUT2D eigenvalue weighted by Gasteiger charge is -2.22. The van der Waals surface area contributed by atoms with Gasteiger partial charge in [-0.15, -0.1) is 0 Å². The molecule has 1 heterocycles. The number of hydrogen-bond donors (Lipinski definition) is 0. The van der Waals surface area contributed by atoms with Crippen molar-refractivity contribution in [3.63, 3.8) is 0 Å². The number of hydrogen-bond acceptors (Lipinski definition) is 4. The first-order valence-electron chi connectivity index (χ1n) is 9.02. The van der Waals surface area contributed by atoms with E-state index in [4.69, 9.17) is 0 Å². The van der Waals surface area contributed by atoms with Crippen LogP contribution in [-0.4, -0.2) is 13.1 Å². The first-order chi connectivity index (χ1) is 12.7. The molecule has 2 aromatic carbocycles. The Balaban J connectivity index is 1.75. The molecule has 0 aliphatic rings. The monoisotopic (exact) mass is 365 g/mol. The number of anilines is 1. The van der Waals surface area contributed by atoms with Gasteiger partial charge >= 0.3 is 5.13 Å². The lowest BCUT2D eigenvalue weighted by Crippen LogP contribution is -2.27. The van der Waals surface area contributed by atoms with Crippen LogP contribution in [0.5, 0.6) is 0 Å². The highest BCUT2D eigenvalue weighted by atomic mass is 32.1. The molecule has 4 nitrogen and oxygen atoms in total. The van der Waals surface area contributed by atoms with Gasteiger partial charge in [-0.05, 0) is 54.1 Å². The maximum Gasteiger partial charge on any atom is 0.408 e. The highest BCUT2D eigenvalue weighted by Crippen LogP contribution is 2.26. The van der Waals surface area contributed by atoms with E-state index in [1.54, 1.807) is 11.3 Å². The first-order valence-corrected chi connectivity index (χ1v) is 9.90. The van der Waals surface area contributed by atoms with Gasteiger partial charge in [0, 0.05) is 29.7 Å². The highest BCUT2D eigenvalue weighted by Gasteiger charge is 2.16. The predicted octanol–water partition coefficient (Wildman–Crippen LogP) is 5.89. The van der Waals surface area contributed by atoms with Gasteiger partial charge in [0.2, 0.25) is 0 Å². The summed E-state index contributed by atoms with van der Waals surface area (Å²) in [7, 11) is 2.03. The summed E-state index contributed by atoms with van der Waals surface area (Å²) < 4.78 is 2.08. The van der Waals surface area contributed by atoms with Gasteiger partial charge in [0.25, 0.3) is 0 Å². The fraction of sp³-hybridized carbons (Fsp3) is 0.286. The molecule has 0 saturated carbocycles. The summed E-state index contributed by atoms with van der Waals surface area (Å²) in [4.78, 5) is 2.37. The molecule has 26 heavy (non-hydrogen) atoms. The molecule has 0 radical (unpaired) electrons. The molecule has 5 heteroatoms. The average Bonchev–Trinajstić information content (AvgIpc) is 3.06. The van der Waals surface area contributed by atoms with Gasteiger partial charge in [-0.25, -0.2) is 4.57 Å². The molecule has 0 aliphatic carbocycles. The van der Waals surface area contributed by atoms with Crippen LogP contribution in [0.1, 0.15) is 20.3 Å². The molecule has 3 rings (SSSR count). The second-order valence-electron chi connectivity index (χ2n) is 6.12. The van der Waals surface area contributed by atoms with Gasteiger partial charge < -0.3 is 4.90 Å². The second-order valence-corrected chi connectivity index (χ2v) is 6.96. The Morgan fingerprint density at radius 1 is 0.962 bits per heavy atom. The number of aromatic nitrogens is 1. The maximum atomic E-state index is 4.45. The zero-order valence-electron chi connectivity index (χ0n) is 15.6. The van der Waals surface area contributed by atoms with E-state index >= 15 is 0 Å². The van der Waals surface area contributed by atoms with Crippen molar-refractivity contribution in [2.75, 3.05) is 18.0 Å². The van der Waals surface area contributed by atoms with Gasteiger partial charge in [-0.3, -0.25) is 0 Å². The molecule has 0 atom stereocenters. The smallest absolute Gasteiger partial charge is 0.372 e. The SMILES string of the molecule is CCCN(CC)c1ccc(N=Nc2scc(-c3ccccc3)[n+]2C)cc1. The molecule has 0 amide bonds. The molecule has 0 N–H and O–H groups in total. The maximum absolute atomic E-state index is 4.45. The normalized spacial score (nSPS) is 11.2. The topological polar surface area (TPSA) is 31.8 Å². The van der Waals surface area contributed by atoms with E-state index in [9.17, 15) is 0 Å². The van der Waals surface area contributed by atoms with Crippen molar-refractivity contribution in [1.82, 2.24) is 0 Å². The first kappa shape index (κ1) is 18.3. The van der Waals surface area contributed by atoms with Crippen LogP contribution in [0.25, 0.3) is 11.3 Å². The minimum absolute atomic E-state index is 0.871. The molecule has 0 saturated heterocycles. The van der Waals surface area contributed by atoms with Crippen molar-refractivity contribution in [3.05, 3.63) is 60.0 Å². The third kappa shape index (κ3) is 4.17. The molecular formula is C21H25N4S+. The summed E-state index contributed by atoms with van der Waals surface area (Å²) in [5, 5.41) is 11.9. The van der Waals surface area contributed by atoms with E-state index in [0.717, 1.165) is 36.0 Å². The van der Waals surface area contributed by atoms with Gasteiger partial charge in [0.15, 0.2) is 0 Å². The number of thiazole rings is 1. The van der Waals surface area contributed by atoms with E-state index in [1.165, 1.54) is 11.3 Å². The Hall–Kier alpha value is -2.53. The number of benzene rings is 2. The van der Waals surface area contributed by atoms with Gasteiger partial charge in [0.05, 0.1) is 12.2 Å². The van der Waals surface area contributed by atoms with Crippen molar-refractivity contribution in [2.24, 2.45) is 17.3 Å². The summed E-state index contributed by atoms with van der Waals surface area (Å²) in [6.45, 7) is 6.48. The molecule has 0 fully saturated rings. The Morgan fingerprint density at radius 3 is 2.35 bits per heavy atom. The summed E-state index contributed by atoms with van der Waals surface area (Å²) in [5.74, 6) is 0. The van der Waals surface area contributed by atoms with Crippen molar-refractivity contribution < 1.29 is 4.57 Å². The summed E-state index contributed by atoms with van der Waals surface area (Å²) in [5.41, 5.74) is 4.45. The number of rotatable bonds is 7. The van der Waals surface area contributed by atoms with E-state index in [0.29, 0.717) is 0 Å². The lowest BCUT2D eigenvalue weighted by molar-refractivity contribution is -0.643. The largest absolute Gasteiger partial charge is 0.408 e. The Bertz CT molecular complexity index is 853. The van der Waals surface area contributed by atoms with Crippen LogP contribution in [0.15, 0.2) is 70.2 Å². The molecule has 3 aromatic rings. The van der Waals surface area contributed by atoms with Crippen LogP contribution in [0, 0.1) is 0 Å². The van der Waals surface area contributed by atoms with Crippen LogP contribution in [0.2, 0.25) is 0 Å². The lowest BCUT2D eigenvalue weighted by atomic mass is 10.2. The van der Waals surface area contributed by atoms with Crippen LogP contribution in [0.4, 0.5) is 16.5 Å². The van der Waals surface area contributed by atoms with Gasteiger partial charge in [0.1, 0.15) is 11.4 Å². The molecule has 0 bridgehead atoms. The standard InChI is InChI=1S/C21H25N4S/c1-4-15-25(5-2)19-13-11-18(12-14-19)22-23-21-24(3)20(16-26-21)17-9-7-6-8-10-17/h6-14,16H,4-5,15H2,1-3H3/q+1. The van der Waals surface area contributed by atoms with E-state index < -0.39 is 0 Å². The second kappa shape index (κ2) is 8.72. The summed E-state index contributed by atoms with van der Waals surface area (Å²) in [6.07, 6.45) is 1.15. The van der Waals surface area contributed by atoms with Crippen molar-refractivity contribution >= 4 is 27.8 Å². The molecule has 134 valence electrons. The minimum Gasteiger partial charge on any atom is -0.372 e. The van der Waals surface area contributed by atoms with Gasteiger partial charge in [-0.1, -0.05) is 37.3 Å². The van der Waals surface area contributed by atoms with Crippen molar-refractivity contribution in [2.45, 2.75) is 20.3 Å². The quantitative estimate of drug-likeness (QED) is 0.379. The van der Waals surface area contributed by atoms with Crippen LogP contribution < -0.4 is 9.47 Å². The van der Waals surface area contributed by atoms with Crippen LogP contribution in [0.3, 0.4) is 0 Å². The zero-order chi connectivity index (χ0) is 18.4. The highest BCUT2D eigenvalue weighted by molar-refractivity contribution is 7.13. The zero-order valence-corrected chi connectivity index (χ0v) is 16.4. The predicted molar refractivity (Wildman–Crippen MR) is 110 cm³/mol. The van der Waals surface area contributed by atoms with Crippen molar-refractivity contribution in [3.8, 4) is 11.3 Å². The van der Waals surface area contributed by atoms with E-state index in [1.807, 2.05) is 37.4 Å². The van der Waals surface area contributed by atoms with Crippen molar-refractivity contribution in [1.29, 1.82) is 0 Å². The minimum atomic E-state index is 0.871. The molecular weight excluding hydrogens is 340 g/mol. The van der Waals surface area contributed by atoms with E-state index in [-0.39, 0.29) is 0 Å². The molecule has 0 aliphatic heterocycles. The molecule has 0 unspecified atom stereocenters. The summed E-state index contributed by atoms with van der Waals surface area (Å²) in [6, 6.07) is 18.7. The number of nitrogens with zero attached hydrogens (tertiary/aromatic N) is 4. The fourth-order valence-corrected chi connectivity index (χ4v) is 3.76.